The maximum atomic E-state index is 11.8. The van der Waals surface area contributed by atoms with E-state index < -0.39 is 7.75 Å². The number of hydrogen-bond acceptors (Lipinski definition) is 5. The lowest BCUT2D eigenvalue weighted by molar-refractivity contribution is 0.204. The number of piperazine rings is 1. The number of rotatable bonds is 4. The predicted molar refractivity (Wildman–Crippen MR) is 67.3 cm³/mol. The first-order chi connectivity index (χ1) is 8.63. The van der Waals surface area contributed by atoms with Crippen molar-refractivity contribution in [2.24, 2.45) is 0 Å². The molecule has 1 aromatic rings. The molecule has 1 fully saturated rings. The minimum Gasteiger partial charge on any atom is -0.338 e. The minimum atomic E-state index is -3.62. The Kier molecular flexibility index (Phi) is 4.29. The topological polar surface area (TPSA) is 78.8 Å². The van der Waals surface area contributed by atoms with Crippen LogP contribution in [0.5, 0.6) is 0 Å². The van der Waals surface area contributed by atoms with Crippen LogP contribution in [0.15, 0.2) is 18.5 Å². The molecule has 0 aliphatic carbocycles. The summed E-state index contributed by atoms with van der Waals surface area (Å²) in [7, 11) is -3.62. The largest absolute Gasteiger partial charge is 0.405 e. The molecule has 1 saturated heterocycles. The zero-order valence-electron chi connectivity index (χ0n) is 10.3. The summed E-state index contributed by atoms with van der Waals surface area (Å²) in [5.74, 6) is 0.654. The fraction of sp³-hybridized carbons (Fsp3) is 0.600. The van der Waals surface area contributed by atoms with Gasteiger partial charge in [0.25, 0.3) is 0 Å². The highest BCUT2D eigenvalue weighted by molar-refractivity contribution is 7.50. The van der Waals surface area contributed by atoms with E-state index in [1.54, 1.807) is 25.4 Å². The molecule has 0 radical (unpaired) electrons. The van der Waals surface area contributed by atoms with E-state index in [1.165, 1.54) is 4.67 Å². The Labute approximate surface area is 106 Å². The number of hydrogen-bond donors (Lipinski definition) is 1. The van der Waals surface area contributed by atoms with Crippen molar-refractivity contribution >= 4 is 13.7 Å². The SMILES string of the molecule is CCOP(=O)(O)N1CCN(c2ncccn2)CC1. The van der Waals surface area contributed by atoms with Crippen LogP contribution in [-0.4, -0.2) is 52.3 Å². The zero-order valence-corrected chi connectivity index (χ0v) is 11.2. The monoisotopic (exact) mass is 272 g/mol. The molecule has 1 aromatic heterocycles. The van der Waals surface area contributed by atoms with Gasteiger partial charge in [-0.3, -0.25) is 4.52 Å². The first-order valence-electron chi connectivity index (χ1n) is 5.88. The Morgan fingerprint density at radius 2 is 1.94 bits per heavy atom. The van der Waals surface area contributed by atoms with Gasteiger partial charge < -0.3 is 9.79 Å². The molecule has 7 nitrogen and oxygen atoms in total. The number of nitrogens with zero attached hydrogens (tertiary/aromatic N) is 4. The van der Waals surface area contributed by atoms with E-state index in [-0.39, 0.29) is 6.61 Å². The Morgan fingerprint density at radius 1 is 1.33 bits per heavy atom. The molecule has 0 spiro atoms. The molecule has 1 aliphatic heterocycles. The van der Waals surface area contributed by atoms with E-state index in [0.717, 1.165) is 0 Å². The molecule has 0 saturated carbocycles. The van der Waals surface area contributed by atoms with E-state index in [4.69, 9.17) is 4.52 Å². The molecule has 1 unspecified atom stereocenters. The molecule has 100 valence electrons. The van der Waals surface area contributed by atoms with Crippen LogP contribution in [0.2, 0.25) is 0 Å². The van der Waals surface area contributed by atoms with Gasteiger partial charge in [0.1, 0.15) is 0 Å². The molecule has 1 aliphatic rings. The molecule has 0 bridgehead atoms. The summed E-state index contributed by atoms with van der Waals surface area (Å²) in [4.78, 5) is 20.0. The molecule has 18 heavy (non-hydrogen) atoms. The lowest BCUT2D eigenvalue weighted by Crippen LogP contribution is -2.45. The van der Waals surface area contributed by atoms with Gasteiger partial charge in [-0.1, -0.05) is 0 Å². The molecule has 2 rings (SSSR count). The molecule has 0 aromatic carbocycles. The number of anilines is 1. The van der Waals surface area contributed by atoms with Crippen molar-refractivity contribution in [1.82, 2.24) is 14.6 Å². The van der Waals surface area contributed by atoms with Crippen LogP contribution < -0.4 is 4.90 Å². The number of aromatic nitrogens is 2. The van der Waals surface area contributed by atoms with Crippen molar-refractivity contribution < 1.29 is 14.0 Å². The lowest BCUT2D eigenvalue weighted by Gasteiger charge is -2.35. The fourth-order valence-corrected chi connectivity index (χ4v) is 3.04. The van der Waals surface area contributed by atoms with Crippen LogP contribution in [0.4, 0.5) is 5.95 Å². The van der Waals surface area contributed by atoms with Crippen molar-refractivity contribution in [2.45, 2.75) is 6.92 Å². The third-order valence-corrected chi connectivity index (χ3v) is 4.46. The predicted octanol–water partition coefficient (Wildman–Crippen LogP) is 0.736. The summed E-state index contributed by atoms with van der Waals surface area (Å²) >= 11 is 0. The van der Waals surface area contributed by atoms with E-state index in [9.17, 15) is 9.46 Å². The highest BCUT2D eigenvalue weighted by Gasteiger charge is 2.32. The smallest absolute Gasteiger partial charge is 0.338 e. The second-order valence-electron chi connectivity index (χ2n) is 3.90. The van der Waals surface area contributed by atoms with E-state index in [1.807, 2.05) is 4.90 Å². The molecule has 1 atom stereocenters. The zero-order chi connectivity index (χ0) is 13.0. The third kappa shape index (κ3) is 3.05. The summed E-state index contributed by atoms with van der Waals surface area (Å²) in [6.07, 6.45) is 3.37. The summed E-state index contributed by atoms with van der Waals surface area (Å²) in [5.41, 5.74) is 0. The highest BCUT2D eigenvalue weighted by Crippen LogP contribution is 2.46. The van der Waals surface area contributed by atoms with E-state index >= 15 is 0 Å². The standard InChI is InChI=1S/C10H17N4O3P/c1-2-17-18(15,16)14-8-6-13(7-9-14)10-11-4-3-5-12-10/h3-5H,2,6-9H2,1H3,(H,15,16). The van der Waals surface area contributed by atoms with Crippen molar-refractivity contribution in [3.8, 4) is 0 Å². The third-order valence-electron chi connectivity index (χ3n) is 2.75. The van der Waals surface area contributed by atoms with Crippen LogP contribution >= 0.6 is 7.75 Å². The Balaban J connectivity index is 1.94. The molecule has 8 heteroatoms. The van der Waals surface area contributed by atoms with Crippen LogP contribution in [0.3, 0.4) is 0 Å². The van der Waals surface area contributed by atoms with Crippen molar-refractivity contribution in [1.29, 1.82) is 0 Å². The summed E-state index contributed by atoms with van der Waals surface area (Å²) in [6, 6.07) is 1.76. The Hall–Kier alpha value is -1.01. The van der Waals surface area contributed by atoms with Gasteiger partial charge in [-0.25, -0.2) is 19.2 Å². The van der Waals surface area contributed by atoms with Gasteiger partial charge in [0.2, 0.25) is 5.95 Å². The summed E-state index contributed by atoms with van der Waals surface area (Å²) in [5, 5.41) is 0. The van der Waals surface area contributed by atoms with Crippen LogP contribution in [0.25, 0.3) is 0 Å². The minimum absolute atomic E-state index is 0.232. The van der Waals surface area contributed by atoms with Gasteiger partial charge in [-0.05, 0) is 13.0 Å². The van der Waals surface area contributed by atoms with Gasteiger partial charge in [0.15, 0.2) is 0 Å². The first kappa shape index (κ1) is 13.4. The molecular weight excluding hydrogens is 255 g/mol. The van der Waals surface area contributed by atoms with Gasteiger partial charge in [0, 0.05) is 38.6 Å². The van der Waals surface area contributed by atoms with Crippen LogP contribution in [0.1, 0.15) is 6.92 Å². The Morgan fingerprint density at radius 3 is 2.50 bits per heavy atom. The van der Waals surface area contributed by atoms with Crippen LogP contribution in [0, 0.1) is 0 Å². The van der Waals surface area contributed by atoms with Gasteiger partial charge >= 0.3 is 7.75 Å². The molecule has 2 heterocycles. The van der Waals surface area contributed by atoms with Crippen LogP contribution in [-0.2, 0) is 9.09 Å². The highest BCUT2D eigenvalue weighted by atomic mass is 31.2. The van der Waals surface area contributed by atoms with Crippen molar-refractivity contribution in [3.63, 3.8) is 0 Å². The average molecular weight is 272 g/mol. The second kappa shape index (κ2) is 5.75. The fourth-order valence-electron chi connectivity index (χ4n) is 1.85. The van der Waals surface area contributed by atoms with Gasteiger partial charge in [0.05, 0.1) is 6.61 Å². The van der Waals surface area contributed by atoms with Crippen molar-refractivity contribution in [2.75, 3.05) is 37.7 Å². The quantitative estimate of drug-likeness (QED) is 0.809. The first-order valence-corrected chi connectivity index (χ1v) is 7.41. The molecule has 0 amide bonds. The maximum Gasteiger partial charge on any atom is 0.405 e. The average Bonchev–Trinajstić information content (AvgIpc) is 2.40. The van der Waals surface area contributed by atoms with Gasteiger partial charge in [-0.2, -0.15) is 0 Å². The lowest BCUT2D eigenvalue weighted by atomic mass is 10.4. The summed E-state index contributed by atoms with van der Waals surface area (Å²) in [6.45, 7) is 4.09. The van der Waals surface area contributed by atoms with Gasteiger partial charge in [-0.15, -0.1) is 0 Å². The van der Waals surface area contributed by atoms with Crippen molar-refractivity contribution in [3.05, 3.63) is 18.5 Å². The molecule has 1 N–H and O–H groups in total. The normalized spacial score (nSPS) is 20.7. The molecular formula is C10H17N4O3P. The summed E-state index contributed by atoms with van der Waals surface area (Å²) < 4.78 is 18.2. The second-order valence-corrected chi connectivity index (χ2v) is 5.70. The maximum absolute atomic E-state index is 11.8. The van der Waals surface area contributed by atoms with E-state index in [0.29, 0.717) is 32.1 Å². The van der Waals surface area contributed by atoms with E-state index in [2.05, 4.69) is 9.97 Å². The Bertz CT molecular complexity index is 422.